The average Bonchev–Trinajstić information content (AvgIpc) is 2.94. The Bertz CT molecular complexity index is 773. The average molecular weight is 340 g/mol. The molecule has 0 radical (unpaired) electrons. The molecule has 0 aliphatic rings. The van der Waals surface area contributed by atoms with Crippen LogP contribution in [0.5, 0.6) is 5.75 Å². The molecule has 0 N–H and O–H groups in total. The van der Waals surface area contributed by atoms with Gasteiger partial charge in [-0.3, -0.25) is 0 Å². The molecule has 3 aromatic rings. The number of nitrogens with zero attached hydrogens (tertiary/aromatic N) is 4. The topological polar surface area (TPSA) is 52.3 Å². The highest BCUT2D eigenvalue weighted by Gasteiger charge is 2.28. The van der Waals surface area contributed by atoms with Crippen molar-refractivity contribution in [3.8, 4) is 5.75 Å². The maximum atomic E-state index is 12.2. The van der Waals surface area contributed by atoms with Gasteiger partial charge in [-0.1, -0.05) is 23.9 Å². The molecule has 0 aliphatic carbocycles. The van der Waals surface area contributed by atoms with E-state index in [1.807, 2.05) is 6.07 Å². The monoisotopic (exact) mass is 340 g/mol. The third-order valence-electron chi connectivity index (χ3n) is 2.77. The van der Waals surface area contributed by atoms with Gasteiger partial charge in [-0.15, -0.1) is 5.10 Å². The quantitative estimate of drug-likeness (QED) is 0.667. The zero-order valence-electron chi connectivity index (χ0n) is 11.7. The van der Waals surface area contributed by atoms with E-state index in [1.165, 1.54) is 17.8 Å². The lowest BCUT2D eigenvalue weighted by Crippen LogP contribution is -2.19. The molecule has 0 fully saturated rings. The molecular formula is C14H11F3N4OS. The highest BCUT2D eigenvalue weighted by atomic mass is 32.2. The molecule has 1 aromatic carbocycles. The number of hydrogen-bond donors (Lipinski definition) is 0. The molecule has 3 rings (SSSR count). The summed E-state index contributed by atoms with van der Waals surface area (Å²) in [7, 11) is 0. The molecule has 0 amide bonds. The van der Waals surface area contributed by atoms with Crippen LogP contribution in [0.3, 0.4) is 0 Å². The predicted octanol–water partition coefficient (Wildman–Crippen LogP) is 3.36. The normalized spacial score (nSPS) is 11.8. The summed E-state index contributed by atoms with van der Waals surface area (Å²) in [6.45, 7) is -1.30. The fourth-order valence-corrected chi connectivity index (χ4v) is 2.58. The summed E-state index contributed by atoms with van der Waals surface area (Å²) in [5.74, 6) is 1.20. The lowest BCUT2D eigenvalue weighted by molar-refractivity contribution is -0.153. The first-order valence-electron chi connectivity index (χ1n) is 6.58. The van der Waals surface area contributed by atoms with Gasteiger partial charge in [-0.25, -0.2) is 9.50 Å². The van der Waals surface area contributed by atoms with Crippen LogP contribution < -0.4 is 4.74 Å². The van der Waals surface area contributed by atoms with E-state index in [-0.39, 0.29) is 5.75 Å². The van der Waals surface area contributed by atoms with Gasteiger partial charge in [0.05, 0.1) is 0 Å². The third kappa shape index (κ3) is 4.35. The molecule has 5 nitrogen and oxygen atoms in total. The molecule has 0 atom stereocenters. The van der Waals surface area contributed by atoms with Crippen LogP contribution in [0.4, 0.5) is 13.2 Å². The summed E-state index contributed by atoms with van der Waals surface area (Å²) in [6.07, 6.45) is -0.983. The molecule has 0 unspecified atom stereocenters. The van der Waals surface area contributed by atoms with Gasteiger partial charge in [0.25, 0.3) is 5.78 Å². The number of rotatable bonds is 5. The molecule has 0 aliphatic heterocycles. The summed E-state index contributed by atoms with van der Waals surface area (Å²) in [4.78, 5) is 8.31. The Labute approximate surface area is 133 Å². The van der Waals surface area contributed by atoms with Crippen molar-refractivity contribution in [1.82, 2.24) is 19.6 Å². The first-order chi connectivity index (χ1) is 11.0. The van der Waals surface area contributed by atoms with Crippen molar-refractivity contribution in [1.29, 1.82) is 0 Å². The van der Waals surface area contributed by atoms with E-state index in [0.29, 0.717) is 16.7 Å². The fourth-order valence-electron chi connectivity index (χ4n) is 1.81. The maximum absolute atomic E-state index is 12.2. The molecular weight excluding hydrogens is 329 g/mol. The van der Waals surface area contributed by atoms with Crippen molar-refractivity contribution in [2.45, 2.75) is 17.1 Å². The van der Waals surface area contributed by atoms with Gasteiger partial charge in [0.2, 0.25) is 5.16 Å². The van der Waals surface area contributed by atoms with Gasteiger partial charge in [0.1, 0.15) is 5.75 Å². The second kappa shape index (κ2) is 6.45. The van der Waals surface area contributed by atoms with Crippen LogP contribution >= 0.6 is 11.8 Å². The van der Waals surface area contributed by atoms with Crippen molar-refractivity contribution < 1.29 is 17.9 Å². The van der Waals surface area contributed by atoms with Crippen molar-refractivity contribution in [2.24, 2.45) is 0 Å². The van der Waals surface area contributed by atoms with Gasteiger partial charge in [-0.2, -0.15) is 18.2 Å². The van der Waals surface area contributed by atoms with Gasteiger partial charge >= 0.3 is 6.18 Å². The second-order valence-electron chi connectivity index (χ2n) is 4.60. The molecule has 2 aromatic heterocycles. The largest absolute Gasteiger partial charge is 0.484 e. The highest BCUT2D eigenvalue weighted by molar-refractivity contribution is 7.98. The summed E-state index contributed by atoms with van der Waals surface area (Å²) in [5.41, 5.74) is 0.821. The van der Waals surface area contributed by atoms with Gasteiger partial charge in [0, 0.05) is 18.1 Å². The summed E-state index contributed by atoms with van der Waals surface area (Å²) in [6, 6.07) is 8.28. The summed E-state index contributed by atoms with van der Waals surface area (Å²) >= 11 is 1.37. The number of halogens is 3. The Morgan fingerprint density at radius 3 is 2.87 bits per heavy atom. The molecule has 9 heteroatoms. The fraction of sp³-hybridized carbons (Fsp3) is 0.214. The second-order valence-corrected chi connectivity index (χ2v) is 5.54. The molecule has 120 valence electrons. The van der Waals surface area contributed by atoms with Crippen LogP contribution in [0.1, 0.15) is 5.56 Å². The molecule has 2 heterocycles. The van der Waals surface area contributed by atoms with E-state index < -0.39 is 12.8 Å². The minimum Gasteiger partial charge on any atom is -0.484 e. The molecule has 0 saturated carbocycles. The highest BCUT2D eigenvalue weighted by Crippen LogP contribution is 2.24. The van der Waals surface area contributed by atoms with Gasteiger partial charge < -0.3 is 4.74 Å². The van der Waals surface area contributed by atoms with Crippen LogP contribution in [0, 0.1) is 0 Å². The van der Waals surface area contributed by atoms with Gasteiger partial charge in [-0.05, 0) is 23.8 Å². The first kappa shape index (κ1) is 15.6. The van der Waals surface area contributed by atoms with E-state index >= 15 is 0 Å². The minimum atomic E-state index is -4.35. The number of alkyl halides is 3. The number of thioether (sulfide) groups is 1. The summed E-state index contributed by atoms with van der Waals surface area (Å²) < 4.78 is 42.8. The Kier molecular flexibility index (Phi) is 4.37. The summed E-state index contributed by atoms with van der Waals surface area (Å²) in [5, 5.41) is 4.79. The van der Waals surface area contributed by atoms with E-state index in [0.717, 1.165) is 5.56 Å². The maximum Gasteiger partial charge on any atom is 0.422 e. The first-order valence-corrected chi connectivity index (χ1v) is 7.57. The zero-order valence-corrected chi connectivity index (χ0v) is 12.5. The Morgan fingerprint density at radius 2 is 2.09 bits per heavy atom. The molecule has 0 spiro atoms. The van der Waals surface area contributed by atoms with Gasteiger partial charge in [0.15, 0.2) is 6.61 Å². The van der Waals surface area contributed by atoms with Crippen molar-refractivity contribution in [3.63, 3.8) is 0 Å². The third-order valence-corrected chi connectivity index (χ3v) is 3.67. The molecule has 23 heavy (non-hydrogen) atoms. The SMILES string of the molecule is FC(F)(F)COc1cccc(CSc2nc3ncccn3n2)c1. The molecule has 0 saturated heterocycles. The standard InChI is InChI=1S/C14H11F3N4OS/c15-14(16,17)9-22-11-4-1-3-10(7-11)8-23-13-19-12-18-5-2-6-21(12)20-13/h1-7H,8-9H2. The van der Waals surface area contributed by atoms with Crippen LogP contribution in [-0.4, -0.2) is 32.4 Å². The lowest BCUT2D eigenvalue weighted by Gasteiger charge is -2.09. The number of fused-ring (bicyclic) bond motifs is 1. The predicted molar refractivity (Wildman–Crippen MR) is 78.3 cm³/mol. The zero-order chi connectivity index (χ0) is 16.3. The Hall–Kier alpha value is -2.29. The van der Waals surface area contributed by atoms with Crippen LogP contribution in [0.25, 0.3) is 5.78 Å². The smallest absolute Gasteiger partial charge is 0.422 e. The van der Waals surface area contributed by atoms with Crippen molar-refractivity contribution in [3.05, 3.63) is 48.3 Å². The van der Waals surface area contributed by atoms with Crippen LogP contribution in [0.2, 0.25) is 0 Å². The van der Waals surface area contributed by atoms with Crippen molar-refractivity contribution in [2.75, 3.05) is 6.61 Å². The van der Waals surface area contributed by atoms with E-state index in [9.17, 15) is 13.2 Å². The van der Waals surface area contributed by atoms with E-state index in [1.54, 1.807) is 35.1 Å². The van der Waals surface area contributed by atoms with Crippen molar-refractivity contribution >= 4 is 17.5 Å². The van der Waals surface area contributed by atoms with Crippen LogP contribution in [0.15, 0.2) is 47.9 Å². The number of ether oxygens (including phenoxy) is 1. The molecule has 0 bridgehead atoms. The van der Waals surface area contributed by atoms with Crippen LogP contribution in [-0.2, 0) is 5.75 Å². The van der Waals surface area contributed by atoms with E-state index in [4.69, 9.17) is 4.74 Å². The lowest BCUT2D eigenvalue weighted by atomic mass is 10.2. The number of hydrogen-bond acceptors (Lipinski definition) is 5. The van der Waals surface area contributed by atoms with E-state index in [2.05, 4.69) is 15.1 Å². The number of benzene rings is 1. The number of aromatic nitrogens is 4. The minimum absolute atomic E-state index is 0.185. The Morgan fingerprint density at radius 1 is 1.22 bits per heavy atom. The Balaban J connectivity index is 1.63.